The molecule has 0 fully saturated rings. The van der Waals surface area contributed by atoms with Crippen LogP contribution in [0.2, 0.25) is 0 Å². The summed E-state index contributed by atoms with van der Waals surface area (Å²) in [4.78, 5) is -0.766. The summed E-state index contributed by atoms with van der Waals surface area (Å²) in [6.45, 7) is 0. The Morgan fingerprint density at radius 2 is 1.86 bits per heavy atom. The van der Waals surface area contributed by atoms with Crippen LogP contribution in [0.4, 0.5) is 0 Å². The first-order valence-electron chi connectivity index (χ1n) is 1.70. The van der Waals surface area contributed by atoms with Crippen molar-refractivity contribution in [1.82, 2.24) is 0 Å². The van der Waals surface area contributed by atoms with Crippen LogP contribution in [0.15, 0.2) is 0 Å². The van der Waals surface area contributed by atoms with Crippen LogP contribution in [0.1, 0.15) is 0 Å². The monoisotopic (exact) mass is 162 g/mol. The molecule has 1 N–H and O–H groups in total. The van der Waals surface area contributed by atoms with Crippen LogP contribution in [0, 0.1) is 0 Å². The first-order chi connectivity index (χ1) is 3.18. The number of rotatable bonds is 2. The second-order valence-corrected chi connectivity index (χ2v) is 2.53. The van der Waals surface area contributed by atoms with Crippen LogP contribution in [0.5, 0.6) is 0 Å². The fraction of sp³-hybridized carbons (Fsp3) is 1.00. The lowest BCUT2D eigenvalue weighted by molar-refractivity contribution is 0.213. The standard InChI is InChI=1S/C3H5Cl3O/c4-1-2(7)3(5)6/h2-3,7H,1H2/t2-/m0/s1. The average molecular weight is 163 g/mol. The van der Waals surface area contributed by atoms with Gasteiger partial charge in [0.25, 0.3) is 0 Å². The van der Waals surface area contributed by atoms with Crippen LogP contribution in [-0.4, -0.2) is 21.9 Å². The molecular formula is C3H5Cl3O. The summed E-state index contributed by atoms with van der Waals surface area (Å²) in [5, 5.41) is 8.54. The molecule has 0 aliphatic rings. The molecule has 7 heavy (non-hydrogen) atoms. The van der Waals surface area contributed by atoms with E-state index < -0.39 is 10.9 Å². The van der Waals surface area contributed by atoms with Gasteiger partial charge in [-0.1, -0.05) is 0 Å². The molecule has 0 rings (SSSR count). The smallest absolute Gasteiger partial charge is 0.134 e. The third-order valence-corrected chi connectivity index (χ3v) is 1.35. The van der Waals surface area contributed by atoms with E-state index >= 15 is 0 Å². The van der Waals surface area contributed by atoms with Crippen molar-refractivity contribution >= 4 is 34.8 Å². The van der Waals surface area contributed by atoms with Crippen molar-refractivity contribution in [2.24, 2.45) is 0 Å². The summed E-state index contributed by atoms with van der Waals surface area (Å²) in [5.74, 6) is 0.0810. The second kappa shape index (κ2) is 3.79. The highest BCUT2D eigenvalue weighted by atomic mass is 35.5. The quantitative estimate of drug-likeness (QED) is 0.610. The Balaban J connectivity index is 3.14. The Bertz CT molecular complexity index is 47.4. The predicted octanol–water partition coefficient (Wildman–Crippen LogP) is 1.39. The fourth-order valence-corrected chi connectivity index (χ4v) is 0.606. The second-order valence-electron chi connectivity index (χ2n) is 1.06. The number of alkyl halides is 3. The van der Waals surface area contributed by atoms with Gasteiger partial charge in [0.15, 0.2) is 0 Å². The summed E-state index contributed by atoms with van der Waals surface area (Å²) < 4.78 is 0. The van der Waals surface area contributed by atoms with Gasteiger partial charge in [-0.2, -0.15) is 0 Å². The molecule has 0 amide bonds. The Labute approximate surface area is 57.2 Å². The van der Waals surface area contributed by atoms with Crippen LogP contribution in [-0.2, 0) is 0 Å². The van der Waals surface area contributed by atoms with Crippen molar-refractivity contribution in [2.75, 3.05) is 5.88 Å². The molecule has 4 heteroatoms. The molecule has 0 spiro atoms. The van der Waals surface area contributed by atoms with E-state index in [2.05, 4.69) is 0 Å². The van der Waals surface area contributed by atoms with Gasteiger partial charge in [-0.05, 0) is 0 Å². The molecule has 0 saturated heterocycles. The maximum Gasteiger partial charge on any atom is 0.134 e. The molecule has 1 atom stereocenters. The molecule has 1 nitrogen and oxygen atoms in total. The molecule has 0 bridgehead atoms. The Morgan fingerprint density at radius 1 is 1.43 bits per heavy atom. The third-order valence-electron chi connectivity index (χ3n) is 0.449. The van der Waals surface area contributed by atoms with Gasteiger partial charge >= 0.3 is 0 Å². The molecule has 0 unspecified atom stereocenters. The topological polar surface area (TPSA) is 20.2 Å². The van der Waals surface area contributed by atoms with Crippen LogP contribution >= 0.6 is 34.8 Å². The van der Waals surface area contributed by atoms with Gasteiger partial charge < -0.3 is 5.11 Å². The minimum absolute atomic E-state index is 0.0810. The largest absolute Gasteiger partial charge is 0.389 e. The summed E-state index contributed by atoms with van der Waals surface area (Å²) in [5.41, 5.74) is 0. The molecule has 0 aliphatic carbocycles. The van der Waals surface area contributed by atoms with Crippen LogP contribution in [0.25, 0.3) is 0 Å². The van der Waals surface area contributed by atoms with Gasteiger partial charge in [-0.3, -0.25) is 0 Å². The lowest BCUT2D eigenvalue weighted by Crippen LogP contribution is -2.16. The zero-order chi connectivity index (χ0) is 5.86. The van der Waals surface area contributed by atoms with Crippen molar-refractivity contribution in [3.8, 4) is 0 Å². The van der Waals surface area contributed by atoms with Crippen molar-refractivity contribution in [3.63, 3.8) is 0 Å². The highest BCUT2D eigenvalue weighted by Gasteiger charge is 2.09. The Morgan fingerprint density at radius 3 is 1.86 bits per heavy atom. The fourth-order valence-electron chi connectivity index (χ4n) is 0.0673. The summed E-state index contributed by atoms with van der Waals surface area (Å²) in [6.07, 6.45) is -0.801. The van der Waals surface area contributed by atoms with Crippen molar-refractivity contribution in [1.29, 1.82) is 0 Å². The SMILES string of the molecule is O[C@@H](CCl)C(Cl)Cl. The Kier molecular flexibility index (Phi) is 4.24. The van der Waals surface area contributed by atoms with Crippen molar-refractivity contribution in [3.05, 3.63) is 0 Å². The number of halogens is 3. The van der Waals surface area contributed by atoms with E-state index in [1.165, 1.54) is 0 Å². The van der Waals surface area contributed by atoms with Crippen LogP contribution in [0.3, 0.4) is 0 Å². The molecule has 0 radical (unpaired) electrons. The molecule has 0 aliphatic heterocycles. The average Bonchev–Trinajstić information content (AvgIpc) is 1.65. The molecule has 0 aromatic carbocycles. The number of aliphatic hydroxyl groups is 1. The molecule has 0 aromatic heterocycles. The van der Waals surface area contributed by atoms with E-state index in [4.69, 9.17) is 39.9 Å². The van der Waals surface area contributed by atoms with E-state index in [0.29, 0.717) is 0 Å². The summed E-state index contributed by atoms with van der Waals surface area (Å²) in [7, 11) is 0. The van der Waals surface area contributed by atoms with Gasteiger partial charge in [-0.15, -0.1) is 34.8 Å². The van der Waals surface area contributed by atoms with E-state index in [0.717, 1.165) is 0 Å². The first kappa shape index (κ1) is 7.83. The van der Waals surface area contributed by atoms with Gasteiger partial charge in [-0.25, -0.2) is 0 Å². The van der Waals surface area contributed by atoms with Gasteiger partial charge in [0, 0.05) is 0 Å². The lowest BCUT2D eigenvalue weighted by Gasteiger charge is -2.03. The zero-order valence-electron chi connectivity index (χ0n) is 3.44. The normalized spacial score (nSPS) is 15.0. The van der Waals surface area contributed by atoms with Crippen LogP contribution < -0.4 is 0 Å². The van der Waals surface area contributed by atoms with E-state index in [-0.39, 0.29) is 5.88 Å². The highest BCUT2D eigenvalue weighted by Crippen LogP contribution is 2.07. The molecule has 0 heterocycles. The summed E-state index contributed by atoms with van der Waals surface area (Å²) >= 11 is 15.4. The molecule has 0 aromatic rings. The van der Waals surface area contributed by atoms with Gasteiger partial charge in [0.05, 0.1) is 12.0 Å². The Hall–Kier alpha value is 0.830. The number of hydrogen-bond acceptors (Lipinski definition) is 1. The van der Waals surface area contributed by atoms with E-state index in [1.54, 1.807) is 0 Å². The number of hydrogen-bond donors (Lipinski definition) is 1. The predicted molar refractivity (Wildman–Crippen MR) is 32.2 cm³/mol. The van der Waals surface area contributed by atoms with Crippen molar-refractivity contribution < 1.29 is 5.11 Å². The third kappa shape index (κ3) is 3.42. The molecule has 44 valence electrons. The number of aliphatic hydroxyl groups excluding tert-OH is 1. The minimum Gasteiger partial charge on any atom is -0.389 e. The van der Waals surface area contributed by atoms with E-state index in [1.807, 2.05) is 0 Å². The maximum absolute atomic E-state index is 8.54. The maximum atomic E-state index is 8.54. The van der Waals surface area contributed by atoms with Gasteiger partial charge in [0.1, 0.15) is 4.84 Å². The zero-order valence-corrected chi connectivity index (χ0v) is 5.71. The molecular weight excluding hydrogens is 158 g/mol. The first-order valence-corrected chi connectivity index (χ1v) is 3.11. The molecule has 0 saturated carbocycles. The van der Waals surface area contributed by atoms with Crippen molar-refractivity contribution in [2.45, 2.75) is 10.9 Å². The van der Waals surface area contributed by atoms with E-state index in [9.17, 15) is 0 Å². The highest BCUT2D eigenvalue weighted by molar-refractivity contribution is 6.45. The van der Waals surface area contributed by atoms with Gasteiger partial charge in [0.2, 0.25) is 0 Å². The lowest BCUT2D eigenvalue weighted by atomic mass is 10.5. The minimum atomic E-state index is -0.801. The summed E-state index contributed by atoms with van der Waals surface area (Å²) in [6, 6.07) is 0.